The fraction of sp³-hybridized carbons (Fsp3) is 0.526. The Balaban J connectivity index is 1.74. The van der Waals surface area contributed by atoms with Crippen LogP contribution in [0.1, 0.15) is 43.2 Å². The number of carbonyl (C=O) groups excluding carboxylic acids is 1. The standard InChI is InChI=1S/C19H25N3O/c1-2-6-22-11-12(8-18(20)23)7-15-14-4-3-5-16-19(14)13(10-21-16)9-17(15)22/h3-5,10,12,15,17,21H,2,6-9,11H2,1H3,(H2,20,23)/t12?,15-,17-/m1/s1. The van der Waals surface area contributed by atoms with Gasteiger partial charge in [0, 0.05) is 42.0 Å². The Hall–Kier alpha value is -1.81. The third kappa shape index (κ3) is 2.45. The van der Waals surface area contributed by atoms with Gasteiger partial charge in [-0.1, -0.05) is 19.1 Å². The van der Waals surface area contributed by atoms with Gasteiger partial charge in [-0.15, -0.1) is 0 Å². The smallest absolute Gasteiger partial charge is 0.217 e. The maximum atomic E-state index is 11.4. The predicted molar refractivity (Wildman–Crippen MR) is 92.3 cm³/mol. The number of carbonyl (C=O) groups is 1. The van der Waals surface area contributed by atoms with E-state index in [2.05, 4.69) is 41.2 Å². The van der Waals surface area contributed by atoms with Gasteiger partial charge in [0.25, 0.3) is 0 Å². The number of amides is 1. The highest BCUT2D eigenvalue weighted by atomic mass is 16.1. The van der Waals surface area contributed by atoms with Gasteiger partial charge in [-0.25, -0.2) is 0 Å². The van der Waals surface area contributed by atoms with Crippen molar-refractivity contribution in [3.63, 3.8) is 0 Å². The maximum absolute atomic E-state index is 11.4. The zero-order chi connectivity index (χ0) is 16.0. The van der Waals surface area contributed by atoms with E-state index in [4.69, 9.17) is 5.73 Å². The Kier molecular flexibility index (Phi) is 3.64. The van der Waals surface area contributed by atoms with Gasteiger partial charge < -0.3 is 10.7 Å². The van der Waals surface area contributed by atoms with Gasteiger partial charge in [-0.05, 0) is 48.9 Å². The second-order valence-electron chi connectivity index (χ2n) is 7.23. The Morgan fingerprint density at radius 2 is 2.30 bits per heavy atom. The van der Waals surface area contributed by atoms with Gasteiger partial charge in [0.15, 0.2) is 0 Å². The molecule has 1 aliphatic carbocycles. The van der Waals surface area contributed by atoms with Crippen molar-refractivity contribution in [2.24, 2.45) is 11.7 Å². The van der Waals surface area contributed by atoms with Gasteiger partial charge in [0.1, 0.15) is 0 Å². The van der Waals surface area contributed by atoms with E-state index >= 15 is 0 Å². The number of hydrogen-bond donors (Lipinski definition) is 2. The van der Waals surface area contributed by atoms with E-state index in [1.807, 2.05) is 0 Å². The number of piperidine rings is 1. The minimum atomic E-state index is -0.166. The number of likely N-dealkylation sites (tertiary alicyclic amines) is 1. The number of hydrogen-bond acceptors (Lipinski definition) is 2. The first kappa shape index (κ1) is 14.8. The normalized spacial score (nSPS) is 27.1. The molecule has 122 valence electrons. The molecule has 1 aliphatic heterocycles. The van der Waals surface area contributed by atoms with Gasteiger partial charge in [0.05, 0.1) is 0 Å². The summed E-state index contributed by atoms with van der Waals surface area (Å²) in [5.74, 6) is 0.740. The van der Waals surface area contributed by atoms with Crippen LogP contribution in [0, 0.1) is 5.92 Å². The van der Waals surface area contributed by atoms with Crippen molar-refractivity contribution >= 4 is 16.8 Å². The fourth-order valence-electron chi connectivity index (χ4n) is 4.88. The number of nitrogens with one attached hydrogen (secondary N) is 1. The number of benzene rings is 1. The lowest BCUT2D eigenvalue weighted by Gasteiger charge is -2.47. The van der Waals surface area contributed by atoms with E-state index in [-0.39, 0.29) is 5.91 Å². The third-order valence-corrected chi connectivity index (χ3v) is 5.66. The molecule has 2 aliphatic rings. The molecule has 2 aromatic rings. The van der Waals surface area contributed by atoms with Crippen molar-refractivity contribution in [1.82, 2.24) is 9.88 Å². The monoisotopic (exact) mass is 311 g/mol. The highest BCUT2D eigenvalue weighted by Gasteiger charge is 2.40. The lowest BCUT2D eigenvalue weighted by molar-refractivity contribution is -0.119. The van der Waals surface area contributed by atoms with Crippen LogP contribution in [0.25, 0.3) is 10.9 Å². The number of nitrogens with zero attached hydrogens (tertiary/aromatic N) is 1. The summed E-state index contributed by atoms with van der Waals surface area (Å²) in [6, 6.07) is 7.17. The van der Waals surface area contributed by atoms with Crippen LogP contribution >= 0.6 is 0 Å². The van der Waals surface area contributed by atoms with Gasteiger partial charge >= 0.3 is 0 Å². The molecule has 3 atom stereocenters. The minimum Gasteiger partial charge on any atom is -0.370 e. The van der Waals surface area contributed by atoms with Crippen molar-refractivity contribution < 1.29 is 4.79 Å². The summed E-state index contributed by atoms with van der Waals surface area (Å²) in [6.45, 7) is 4.35. The maximum Gasteiger partial charge on any atom is 0.217 e. The molecule has 4 heteroatoms. The Bertz CT molecular complexity index is 735. The molecule has 2 heterocycles. The van der Waals surface area contributed by atoms with E-state index in [0.29, 0.717) is 24.3 Å². The zero-order valence-electron chi connectivity index (χ0n) is 13.7. The predicted octanol–water partition coefficient (Wildman–Crippen LogP) is 2.78. The number of primary amides is 1. The average molecular weight is 311 g/mol. The second kappa shape index (κ2) is 5.68. The van der Waals surface area contributed by atoms with Crippen molar-refractivity contribution in [3.05, 3.63) is 35.5 Å². The number of fused-ring (bicyclic) bond motifs is 2. The Labute approximate surface area is 137 Å². The van der Waals surface area contributed by atoms with Crippen LogP contribution in [0.15, 0.2) is 24.4 Å². The number of aromatic nitrogens is 1. The molecule has 0 radical (unpaired) electrons. The second-order valence-corrected chi connectivity index (χ2v) is 7.23. The highest BCUT2D eigenvalue weighted by molar-refractivity contribution is 5.88. The van der Waals surface area contributed by atoms with Crippen LogP contribution in [0.4, 0.5) is 0 Å². The summed E-state index contributed by atoms with van der Waals surface area (Å²) < 4.78 is 0. The molecule has 0 bridgehead atoms. The van der Waals surface area contributed by atoms with Crippen LogP contribution in [0.3, 0.4) is 0 Å². The topological polar surface area (TPSA) is 62.1 Å². The quantitative estimate of drug-likeness (QED) is 0.912. The molecular formula is C19H25N3O. The Morgan fingerprint density at radius 1 is 1.43 bits per heavy atom. The first-order valence-corrected chi connectivity index (χ1v) is 8.78. The zero-order valence-corrected chi connectivity index (χ0v) is 13.7. The molecule has 0 saturated carbocycles. The van der Waals surface area contributed by atoms with Crippen molar-refractivity contribution in [3.8, 4) is 0 Å². The number of nitrogens with two attached hydrogens (primary N) is 1. The summed E-state index contributed by atoms with van der Waals surface area (Å²) >= 11 is 0. The SMILES string of the molecule is CCCN1CC(CC(N)=O)C[C@@H]2c3cccc4[nH]cc(c34)C[C@H]21. The molecule has 1 unspecified atom stereocenters. The van der Waals surface area contributed by atoms with Gasteiger partial charge in [0.2, 0.25) is 5.91 Å². The van der Waals surface area contributed by atoms with Crippen molar-refractivity contribution in [1.29, 1.82) is 0 Å². The third-order valence-electron chi connectivity index (χ3n) is 5.66. The Morgan fingerprint density at radius 3 is 3.09 bits per heavy atom. The van der Waals surface area contributed by atoms with Gasteiger partial charge in [-0.2, -0.15) is 0 Å². The van der Waals surface area contributed by atoms with E-state index in [9.17, 15) is 4.79 Å². The number of aromatic amines is 1. The molecule has 1 fully saturated rings. The molecular weight excluding hydrogens is 286 g/mol. The van der Waals surface area contributed by atoms with Crippen LogP contribution in [0.2, 0.25) is 0 Å². The van der Waals surface area contributed by atoms with E-state index in [0.717, 1.165) is 32.4 Å². The van der Waals surface area contributed by atoms with Crippen molar-refractivity contribution in [2.45, 2.75) is 44.6 Å². The molecule has 1 amide bonds. The summed E-state index contributed by atoms with van der Waals surface area (Å²) in [6.07, 6.45) is 6.04. The average Bonchev–Trinajstić information content (AvgIpc) is 2.93. The van der Waals surface area contributed by atoms with E-state index in [1.54, 1.807) is 0 Å². The minimum absolute atomic E-state index is 0.166. The van der Waals surface area contributed by atoms with Crippen molar-refractivity contribution in [2.75, 3.05) is 13.1 Å². The lowest BCUT2D eigenvalue weighted by Crippen LogP contribution is -2.50. The number of H-pyrrole nitrogens is 1. The summed E-state index contributed by atoms with van der Waals surface area (Å²) in [5.41, 5.74) is 9.64. The largest absolute Gasteiger partial charge is 0.370 e. The molecule has 1 saturated heterocycles. The molecule has 3 N–H and O–H groups in total. The van der Waals surface area contributed by atoms with Crippen LogP contribution in [0.5, 0.6) is 0 Å². The molecule has 0 spiro atoms. The lowest BCUT2D eigenvalue weighted by atomic mass is 9.71. The van der Waals surface area contributed by atoms with E-state index in [1.165, 1.54) is 22.0 Å². The van der Waals surface area contributed by atoms with Crippen LogP contribution < -0.4 is 5.73 Å². The van der Waals surface area contributed by atoms with Gasteiger partial charge in [-0.3, -0.25) is 9.69 Å². The van der Waals surface area contributed by atoms with Crippen LogP contribution in [-0.4, -0.2) is 34.9 Å². The van der Waals surface area contributed by atoms with E-state index < -0.39 is 0 Å². The first-order valence-electron chi connectivity index (χ1n) is 8.78. The summed E-state index contributed by atoms with van der Waals surface area (Å²) in [7, 11) is 0. The molecule has 1 aromatic carbocycles. The molecule has 1 aromatic heterocycles. The fourth-order valence-corrected chi connectivity index (χ4v) is 4.88. The molecule has 4 rings (SSSR count). The molecule has 4 nitrogen and oxygen atoms in total. The number of rotatable bonds is 4. The summed E-state index contributed by atoms with van der Waals surface area (Å²) in [5, 5.41) is 1.42. The summed E-state index contributed by atoms with van der Waals surface area (Å²) in [4.78, 5) is 17.5. The first-order chi connectivity index (χ1) is 11.2. The highest BCUT2D eigenvalue weighted by Crippen LogP contribution is 2.45. The van der Waals surface area contributed by atoms with Crippen LogP contribution in [-0.2, 0) is 11.2 Å². The molecule has 23 heavy (non-hydrogen) atoms.